The van der Waals surface area contributed by atoms with Crippen LogP contribution in [-0.4, -0.2) is 49.2 Å². The Balaban J connectivity index is 2.62. The molecule has 1 amide bonds. The van der Waals surface area contributed by atoms with Gasteiger partial charge >= 0.3 is 0 Å². The molecule has 14 heavy (non-hydrogen) atoms. The summed E-state index contributed by atoms with van der Waals surface area (Å²) in [6, 6.07) is 0.602. The molecule has 0 saturated carbocycles. The van der Waals surface area contributed by atoms with E-state index in [1.807, 2.05) is 4.90 Å². The highest BCUT2D eigenvalue weighted by atomic mass is 16.5. The summed E-state index contributed by atoms with van der Waals surface area (Å²) in [5.41, 5.74) is 0. The molecule has 0 aromatic heterocycles. The van der Waals surface area contributed by atoms with Gasteiger partial charge in [0.05, 0.1) is 0 Å². The smallest absolute Gasteiger partial charge is 0.251 e. The van der Waals surface area contributed by atoms with Gasteiger partial charge in [-0.05, 0) is 20.8 Å². The predicted octanol–water partition coefficient (Wildman–Crippen LogP) is 0.230. The van der Waals surface area contributed by atoms with E-state index < -0.39 is 0 Å². The molecule has 1 N–H and O–H groups in total. The van der Waals surface area contributed by atoms with Gasteiger partial charge in [0.1, 0.15) is 6.10 Å². The average Bonchev–Trinajstić information content (AvgIpc) is 2.20. The standard InChI is InChI=1S/C10H20N2O2/c1-7-8(2)12(6-5-11-7)10(13)9(3)14-4/h7-9,11H,5-6H2,1-4H3. The van der Waals surface area contributed by atoms with E-state index in [1.165, 1.54) is 0 Å². The summed E-state index contributed by atoms with van der Waals surface area (Å²) in [7, 11) is 1.57. The number of carbonyl (C=O) groups is 1. The molecule has 0 spiro atoms. The summed E-state index contributed by atoms with van der Waals surface area (Å²) < 4.78 is 5.04. The fraction of sp³-hybridized carbons (Fsp3) is 0.900. The Hall–Kier alpha value is -0.610. The molecule has 82 valence electrons. The van der Waals surface area contributed by atoms with Crippen molar-refractivity contribution in [1.29, 1.82) is 0 Å². The van der Waals surface area contributed by atoms with E-state index in [9.17, 15) is 4.79 Å². The molecule has 0 aliphatic carbocycles. The van der Waals surface area contributed by atoms with Crippen LogP contribution in [-0.2, 0) is 9.53 Å². The van der Waals surface area contributed by atoms with Crippen molar-refractivity contribution in [2.45, 2.75) is 39.0 Å². The number of nitrogens with zero attached hydrogens (tertiary/aromatic N) is 1. The van der Waals surface area contributed by atoms with Crippen LogP contribution in [0.5, 0.6) is 0 Å². The average molecular weight is 200 g/mol. The molecule has 4 nitrogen and oxygen atoms in total. The first-order valence-corrected chi connectivity index (χ1v) is 5.14. The fourth-order valence-corrected chi connectivity index (χ4v) is 1.70. The van der Waals surface area contributed by atoms with Crippen LogP contribution in [0.15, 0.2) is 0 Å². The van der Waals surface area contributed by atoms with Gasteiger partial charge in [-0.25, -0.2) is 0 Å². The second kappa shape index (κ2) is 4.75. The normalized spacial score (nSPS) is 30.1. The van der Waals surface area contributed by atoms with Crippen LogP contribution in [0.2, 0.25) is 0 Å². The second-order valence-corrected chi connectivity index (χ2v) is 3.89. The summed E-state index contributed by atoms with van der Waals surface area (Å²) in [5, 5.41) is 3.34. The maximum absolute atomic E-state index is 11.9. The largest absolute Gasteiger partial charge is 0.372 e. The van der Waals surface area contributed by atoms with Gasteiger partial charge in [0.25, 0.3) is 5.91 Å². The lowest BCUT2D eigenvalue weighted by Crippen LogP contribution is -2.59. The predicted molar refractivity (Wildman–Crippen MR) is 55.1 cm³/mol. The SMILES string of the molecule is COC(C)C(=O)N1CCNC(C)C1C. The third-order valence-corrected chi connectivity index (χ3v) is 3.02. The number of hydrogen-bond acceptors (Lipinski definition) is 3. The zero-order chi connectivity index (χ0) is 10.7. The molecule has 4 heteroatoms. The lowest BCUT2D eigenvalue weighted by molar-refractivity contribution is -0.144. The van der Waals surface area contributed by atoms with Gasteiger partial charge in [0.15, 0.2) is 0 Å². The van der Waals surface area contributed by atoms with Crippen LogP contribution in [0.4, 0.5) is 0 Å². The summed E-state index contributed by atoms with van der Waals surface area (Å²) in [6.07, 6.45) is -0.331. The number of carbonyl (C=O) groups excluding carboxylic acids is 1. The first kappa shape index (κ1) is 11.5. The Labute approximate surface area is 85.6 Å². The van der Waals surface area contributed by atoms with Gasteiger partial charge in [-0.3, -0.25) is 4.79 Å². The number of hydrogen-bond donors (Lipinski definition) is 1. The Morgan fingerprint density at radius 3 is 2.79 bits per heavy atom. The molecular weight excluding hydrogens is 180 g/mol. The van der Waals surface area contributed by atoms with Crippen molar-refractivity contribution in [2.24, 2.45) is 0 Å². The Morgan fingerprint density at radius 2 is 2.21 bits per heavy atom. The van der Waals surface area contributed by atoms with Gasteiger partial charge in [-0.2, -0.15) is 0 Å². The topological polar surface area (TPSA) is 41.6 Å². The molecule has 1 rings (SSSR count). The van der Waals surface area contributed by atoms with Crippen molar-refractivity contribution in [2.75, 3.05) is 20.2 Å². The van der Waals surface area contributed by atoms with E-state index in [0.29, 0.717) is 6.04 Å². The minimum Gasteiger partial charge on any atom is -0.372 e. The third kappa shape index (κ3) is 2.25. The van der Waals surface area contributed by atoms with Gasteiger partial charge in [-0.15, -0.1) is 0 Å². The molecule has 1 fully saturated rings. The highest BCUT2D eigenvalue weighted by Gasteiger charge is 2.30. The Bertz CT molecular complexity index is 208. The quantitative estimate of drug-likeness (QED) is 0.694. The van der Waals surface area contributed by atoms with Gasteiger partial charge in [-0.1, -0.05) is 0 Å². The van der Waals surface area contributed by atoms with E-state index in [2.05, 4.69) is 19.2 Å². The van der Waals surface area contributed by atoms with Crippen molar-refractivity contribution in [1.82, 2.24) is 10.2 Å². The van der Waals surface area contributed by atoms with E-state index in [-0.39, 0.29) is 18.1 Å². The van der Waals surface area contributed by atoms with E-state index in [1.54, 1.807) is 14.0 Å². The number of piperazine rings is 1. The maximum Gasteiger partial charge on any atom is 0.251 e. The van der Waals surface area contributed by atoms with Crippen LogP contribution in [0, 0.1) is 0 Å². The summed E-state index contributed by atoms with van der Waals surface area (Å²) >= 11 is 0. The van der Waals surface area contributed by atoms with Crippen LogP contribution in [0.3, 0.4) is 0 Å². The van der Waals surface area contributed by atoms with Crippen molar-refractivity contribution in [3.63, 3.8) is 0 Å². The third-order valence-electron chi connectivity index (χ3n) is 3.02. The molecule has 0 bridgehead atoms. The lowest BCUT2D eigenvalue weighted by atomic mass is 10.1. The van der Waals surface area contributed by atoms with Crippen molar-refractivity contribution >= 4 is 5.91 Å². The van der Waals surface area contributed by atoms with E-state index in [4.69, 9.17) is 4.74 Å². The molecule has 0 aromatic carbocycles. The number of rotatable bonds is 2. The van der Waals surface area contributed by atoms with Crippen molar-refractivity contribution in [3.05, 3.63) is 0 Å². The highest BCUT2D eigenvalue weighted by molar-refractivity contribution is 5.81. The monoisotopic (exact) mass is 200 g/mol. The lowest BCUT2D eigenvalue weighted by Gasteiger charge is -2.39. The van der Waals surface area contributed by atoms with E-state index in [0.717, 1.165) is 13.1 Å². The van der Waals surface area contributed by atoms with Crippen molar-refractivity contribution in [3.8, 4) is 0 Å². The van der Waals surface area contributed by atoms with Crippen LogP contribution >= 0.6 is 0 Å². The molecule has 1 saturated heterocycles. The van der Waals surface area contributed by atoms with Crippen LogP contribution < -0.4 is 5.32 Å². The molecular formula is C10H20N2O2. The van der Waals surface area contributed by atoms with Crippen LogP contribution in [0.25, 0.3) is 0 Å². The summed E-state index contributed by atoms with van der Waals surface area (Å²) in [5.74, 6) is 0.0911. The first-order valence-electron chi connectivity index (χ1n) is 5.14. The number of methoxy groups -OCH3 is 1. The van der Waals surface area contributed by atoms with Gasteiger partial charge in [0.2, 0.25) is 0 Å². The number of amides is 1. The molecule has 1 heterocycles. The first-order chi connectivity index (χ1) is 6.57. The van der Waals surface area contributed by atoms with Crippen LogP contribution in [0.1, 0.15) is 20.8 Å². The Kier molecular flexibility index (Phi) is 3.89. The van der Waals surface area contributed by atoms with Gasteiger partial charge < -0.3 is 15.0 Å². The molecule has 0 radical (unpaired) electrons. The minimum atomic E-state index is -0.331. The highest BCUT2D eigenvalue weighted by Crippen LogP contribution is 2.11. The molecule has 0 aromatic rings. The molecule has 1 aliphatic heterocycles. The summed E-state index contributed by atoms with van der Waals surface area (Å²) in [4.78, 5) is 13.8. The second-order valence-electron chi connectivity index (χ2n) is 3.89. The Morgan fingerprint density at radius 1 is 1.57 bits per heavy atom. The van der Waals surface area contributed by atoms with Crippen molar-refractivity contribution < 1.29 is 9.53 Å². The molecule has 3 unspecified atom stereocenters. The molecule has 1 aliphatic rings. The van der Waals surface area contributed by atoms with Gasteiger partial charge in [0, 0.05) is 32.3 Å². The summed E-state index contributed by atoms with van der Waals surface area (Å²) in [6.45, 7) is 7.60. The van der Waals surface area contributed by atoms with E-state index >= 15 is 0 Å². The zero-order valence-corrected chi connectivity index (χ0v) is 9.41. The minimum absolute atomic E-state index is 0.0911. The fourth-order valence-electron chi connectivity index (χ4n) is 1.70. The number of nitrogens with one attached hydrogen (secondary N) is 1. The number of ether oxygens (including phenoxy) is 1. The maximum atomic E-state index is 11.9. The zero-order valence-electron chi connectivity index (χ0n) is 9.41. The molecule has 3 atom stereocenters.